The number of isothiocyanates is 1. The van der Waals surface area contributed by atoms with E-state index in [0.717, 1.165) is 0 Å². The Bertz CT molecular complexity index is 299. The van der Waals surface area contributed by atoms with E-state index in [-0.39, 0.29) is 6.04 Å². The van der Waals surface area contributed by atoms with Gasteiger partial charge in [-0.15, -0.1) is 0 Å². The number of aliphatic imine (C=N–C) groups is 1. The maximum atomic E-state index is 4.63. The van der Waals surface area contributed by atoms with Gasteiger partial charge in [-0.1, -0.05) is 44.2 Å². The predicted molar refractivity (Wildman–Crippen MR) is 59.0 cm³/mol. The summed E-state index contributed by atoms with van der Waals surface area (Å²) in [4.78, 5) is 4.16. The molecule has 13 heavy (non-hydrogen) atoms. The van der Waals surface area contributed by atoms with Crippen LogP contribution in [0.5, 0.6) is 0 Å². The highest BCUT2D eigenvalue weighted by Crippen LogP contribution is 2.24. The lowest BCUT2D eigenvalue weighted by Gasteiger charge is -2.14. The molecule has 0 heterocycles. The molecule has 0 aliphatic heterocycles. The number of hydrogen-bond acceptors (Lipinski definition) is 2. The van der Waals surface area contributed by atoms with Gasteiger partial charge in [0, 0.05) is 0 Å². The SMILES string of the molecule is CC(C)C(N=C=S)c1ccccc1. The van der Waals surface area contributed by atoms with Crippen LogP contribution in [0.15, 0.2) is 35.3 Å². The molecule has 1 aromatic carbocycles. The number of benzene rings is 1. The zero-order valence-corrected chi connectivity index (χ0v) is 8.71. The Morgan fingerprint density at radius 2 is 1.85 bits per heavy atom. The van der Waals surface area contributed by atoms with Crippen LogP contribution in [0.2, 0.25) is 0 Å². The van der Waals surface area contributed by atoms with Crippen LogP contribution in [0.4, 0.5) is 0 Å². The molecule has 0 aliphatic carbocycles. The van der Waals surface area contributed by atoms with Crippen LogP contribution < -0.4 is 0 Å². The first kappa shape index (κ1) is 10.1. The molecule has 68 valence electrons. The van der Waals surface area contributed by atoms with Crippen LogP contribution in [0.3, 0.4) is 0 Å². The molecule has 0 radical (unpaired) electrons. The Kier molecular flexibility index (Phi) is 3.81. The summed E-state index contributed by atoms with van der Waals surface area (Å²) in [5.74, 6) is 0.456. The van der Waals surface area contributed by atoms with Crippen molar-refractivity contribution in [2.45, 2.75) is 19.9 Å². The van der Waals surface area contributed by atoms with E-state index in [1.165, 1.54) is 5.56 Å². The van der Waals surface area contributed by atoms with Crippen LogP contribution in [-0.4, -0.2) is 5.16 Å². The minimum absolute atomic E-state index is 0.152. The monoisotopic (exact) mass is 191 g/mol. The van der Waals surface area contributed by atoms with Crippen molar-refractivity contribution in [2.24, 2.45) is 10.9 Å². The van der Waals surface area contributed by atoms with Crippen LogP contribution >= 0.6 is 12.2 Å². The Hall–Kier alpha value is -0.980. The molecule has 0 aromatic heterocycles. The Morgan fingerprint density at radius 1 is 1.23 bits per heavy atom. The zero-order valence-electron chi connectivity index (χ0n) is 7.90. The van der Waals surface area contributed by atoms with Gasteiger partial charge in [-0.25, -0.2) is 4.99 Å². The zero-order chi connectivity index (χ0) is 9.68. The van der Waals surface area contributed by atoms with Gasteiger partial charge in [-0.05, 0) is 23.7 Å². The largest absolute Gasteiger partial charge is 0.224 e. The Morgan fingerprint density at radius 3 is 2.31 bits per heavy atom. The van der Waals surface area contributed by atoms with Crippen molar-refractivity contribution in [2.75, 3.05) is 0 Å². The number of rotatable bonds is 3. The predicted octanol–water partition coefficient (Wildman–Crippen LogP) is 3.49. The summed E-state index contributed by atoms with van der Waals surface area (Å²) < 4.78 is 0. The minimum Gasteiger partial charge on any atom is -0.224 e. The van der Waals surface area contributed by atoms with E-state index in [1.54, 1.807) is 0 Å². The van der Waals surface area contributed by atoms with Gasteiger partial charge in [0.1, 0.15) is 0 Å². The molecule has 0 bridgehead atoms. The lowest BCUT2D eigenvalue weighted by Crippen LogP contribution is -2.03. The number of hydrogen-bond donors (Lipinski definition) is 0. The van der Waals surface area contributed by atoms with Crippen LogP contribution in [0.1, 0.15) is 25.5 Å². The highest BCUT2D eigenvalue weighted by atomic mass is 32.1. The smallest absolute Gasteiger partial charge is 0.0875 e. The summed E-state index contributed by atoms with van der Waals surface area (Å²) in [6.45, 7) is 4.27. The quantitative estimate of drug-likeness (QED) is 0.526. The fraction of sp³-hybridized carbons (Fsp3) is 0.364. The van der Waals surface area contributed by atoms with Gasteiger partial charge in [0.25, 0.3) is 0 Å². The third-order valence-electron chi connectivity index (χ3n) is 1.96. The molecule has 1 aromatic rings. The van der Waals surface area contributed by atoms with Gasteiger partial charge in [0.05, 0.1) is 11.2 Å². The lowest BCUT2D eigenvalue weighted by atomic mass is 9.97. The first-order valence-electron chi connectivity index (χ1n) is 4.37. The van der Waals surface area contributed by atoms with Gasteiger partial charge in [-0.3, -0.25) is 0 Å². The van der Waals surface area contributed by atoms with Crippen molar-refractivity contribution >= 4 is 17.4 Å². The summed E-state index contributed by atoms with van der Waals surface area (Å²) in [6, 6.07) is 10.3. The van der Waals surface area contributed by atoms with E-state index < -0.39 is 0 Å². The topological polar surface area (TPSA) is 12.4 Å². The Labute approximate surface area is 84.5 Å². The second kappa shape index (κ2) is 4.90. The summed E-state index contributed by atoms with van der Waals surface area (Å²) in [7, 11) is 0. The van der Waals surface area contributed by atoms with Gasteiger partial charge in [0.15, 0.2) is 0 Å². The van der Waals surface area contributed by atoms with Crippen LogP contribution in [0, 0.1) is 5.92 Å². The molecule has 0 spiro atoms. The normalized spacial score (nSPS) is 12.2. The second-order valence-corrected chi connectivity index (χ2v) is 3.50. The van der Waals surface area contributed by atoms with Crippen LogP contribution in [-0.2, 0) is 0 Å². The van der Waals surface area contributed by atoms with Crippen molar-refractivity contribution in [3.63, 3.8) is 0 Å². The summed E-state index contributed by atoms with van der Waals surface area (Å²) >= 11 is 4.63. The minimum atomic E-state index is 0.152. The van der Waals surface area contributed by atoms with E-state index in [9.17, 15) is 0 Å². The highest BCUT2D eigenvalue weighted by molar-refractivity contribution is 7.78. The second-order valence-electron chi connectivity index (χ2n) is 3.32. The molecule has 0 N–H and O–H groups in total. The number of thiocarbonyl (C=S) groups is 1. The number of nitrogens with zero attached hydrogens (tertiary/aromatic N) is 1. The fourth-order valence-corrected chi connectivity index (χ4v) is 1.43. The fourth-order valence-electron chi connectivity index (χ4n) is 1.32. The molecule has 1 unspecified atom stereocenters. The summed E-state index contributed by atoms with van der Waals surface area (Å²) in [5.41, 5.74) is 1.20. The standard InChI is InChI=1S/C11H13NS/c1-9(2)11(12-8-13)10-6-4-3-5-7-10/h3-7,9,11H,1-2H3. The Balaban J connectivity index is 2.95. The molecule has 0 amide bonds. The maximum absolute atomic E-state index is 4.63. The van der Waals surface area contributed by atoms with Crippen molar-refractivity contribution in [3.8, 4) is 0 Å². The molecule has 2 heteroatoms. The molecule has 1 rings (SSSR count). The van der Waals surface area contributed by atoms with Crippen molar-refractivity contribution in [3.05, 3.63) is 35.9 Å². The lowest BCUT2D eigenvalue weighted by molar-refractivity contribution is 0.519. The van der Waals surface area contributed by atoms with E-state index in [0.29, 0.717) is 5.92 Å². The van der Waals surface area contributed by atoms with Gasteiger partial charge >= 0.3 is 0 Å². The van der Waals surface area contributed by atoms with Gasteiger partial charge < -0.3 is 0 Å². The summed E-state index contributed by atoms with van der Waals surface area (Å²) in [6.07, 6.45) is 0. The molecule has 0 saturated heterocycles. The molecule has 1 nitrogen and oxygen atoms in total. The average Bonchev–Trinajstić information content (AvgIpc) is 2.15. The van der Waals surface area contributed by atoms with E-state index in [2.05, 4.69) is 48.4 Å². The molecule has 0 fully saturated rings. The third-order valence-corrected chi connectivity index (χ3v) is 2.07. The average molecular weight is 191 g/mol. The molecular weight excluding hydrogens is 178 g/mol. The van der Waals surface area contributed by atoms with Crippen molar-refractivity contribution < 1.29 is 0 Å². The van der Waals surface area contributed by atoms with E-state index in [4.69, 9.17) is 0 Å². The van der Waals surface area contributed by atoms with Crippen molar-refractivity contribution in [1.29, 1.82) is 0 Å². The molecule has 0 aliphatic rings. The van der Waals surface area contributed by atoms with E-state index in [1.807, 2.05) is 18.2 Å². The summed E-state index contributed by atoms with van der Waals surface area (Å²) in [5, 5.41) is 2.46. The van der Waals surface area contributed by atoms with Crippen molar-refractivity contribution in [1.82, 2.24) is 0 Å². The van der Waals surface area contributed by atoms with E-state index >= 15 is 0 Å². The first-order valence-corrected chi connectivity index (χ1v) is 4.78. The maximum Gasteiger partial charge on any atom is 0.0875 e. The molecule has 0 saturated carbocycles. The molecular formula is C11H13NS. The first-order chi connectivity index (χ1) is 6.25. The van der Waals surface area contributed by atoms with Crippen LogP contribution in [0.25, 0.3) is 0 Å². The molecule has 1 atom stereocenters. The highest BCUT2D eigenvalue weighted by Gasteiger charge is 2.12. The van der Waals surface area contributed by atoms with Gasteiger partial charge in [-0.2, -0.15) is 0 Å². The van der Waals surface area contributed by atoms with Gasteiger partial charge in [0.2, 0.25) is 0 Å². The third kappa shape index (κ3) is 2.76.